The van der Waals surface area contributed by atoms with Crippen LogP contribution in [-0.4, -0.2) is 57.7 Å². The van der Waals surface area contributed by atoms with Crippen LogP contribution in [0.3, 0.4) is 0 Å². The number of piperazine rings is 1. The Morgan fingerprint density at radius 1 is 1.09 bits per heavy atom. The van der Waals surface area contributed by atoms with E-state index in [2.05, 4.69) is 0 Å². The molecule has 0 saturated carbocycles. The number of rotatable bonds is 6. The van der Waals surface area contributed by atoms with E-state index in [0.29, 0.717) is 29.5 Å². The largest absolute Gasteiger partial charge is 0.416 e. The van der Waals surface area contributed by atoms with Crippen molar-refractivity contribution in [2.24, 2.45) is 0 Å². The Hall–Kier alpha value is -2.46. The quantitative estimate of drug-likeness (QED) is 0.591. The van der Waals surface area contributed by atoms with Gasteiger partial charge in [-0.25, -0.2) is 8.42 Å². The van der Waals surface area contributed by atoms with Gasteiger partial charge < -0.3 is 9.80 Å². The van der Waals surface area contributed by atoms with Crippen LogP contribution in [0.15, 0.2) is 48.5 Å². The summed E-state index contributed by atoms with van der Waals surface area (Å²) >= 11 is 5.92. The summed E-state index contributed by atoms with van der Waals surface area (Å²) in [4.78, 5) is 16.7. The predicted molar refractivity (Wildman–Crippen MR) is 123 cm³/mol. The van der Waals surface area contributed by atoms with E-state index >= 15 is 0 Å². The second-order valence-electron chi connectivity index (χ2n) is 7.82. The first kappa shape index (κ1) is 25.2. The fourth-order valence-corrected chi connectivity index (χ4v) is 5.24. The molecule has 1 heterocycles. The van der Waals surface area contributed by atoms with Crippen molar-refractivity contribution < 1.29 is 26.4 Å². The highest BCUT2D eigenvalue weighted by molar-refractivity contribution is 7.92. The lowest BCUT2D eigenvalue weighted by atomic mass is 10.1. The van der Waals surface area contributed by atoms with Gasteiger partial charge in [-0.2, -0.15) is 13.2 Å². The maximum absolute atomic E-state index is 13.3. The minimum atomic E-state index is -4.43. The molecular formula is C22H25ClF3N3O3S. The second-order valence-corrected chi connectivity index (χ2v) is 10.1. The Kier molecular flexibility index (Phi) is 7.48. The number of sulfonamides is 1. The van der Waals surface area contributed by atoms with Crippen LogP contribution in [0, 0.1) is 0 Å². The molecule has 0 bridgehead atoms. The fourth-order valence-electron chi connectivity index (χ4n) is 3.91. The van der Waals surface area contributed by atoms with Crippen molar-refractivity contribution >= 4 is 38.9 Å². The number of nitrogens with zero attached hydrogens (tertiary/aromatic N) is 3. The van der Waals surface area contributed by atoms with Gasteiger partial charge in [-0.1, -0.05) is 24.6 Å². The molecule has 0 aromatic heterocycles. The molecular weight excluding hydrogens is 479 g/mol. The number of alkyl halides is 3. The molecule has 0 N–H and O–H groups in total. The summed E-state index contributed by atoms with van der Waals surface area (Å²) in [7, 11) is -3.77. The summed E-state index contributed by atoms with van der Waals surface area (Å²) in [5.74, 6) is -0.346. The van der Waals surface area contributed by atoms with Crippen LogP contribution in [0.4, 0.5) is 24.5 Å². The Balaban J connectivity index is 1.76. The number of halogens is 4. The van der Waals surface area contributed by atoms with E-state index < -0.39 is 27.8 Å². The summed E-state index contributed by atoms with van der Waals surface area (Å²) in [6.07, 6.45) is -3.13. The van der Waals surface area contributed by atoms with E-state index in [1.807, 2.05) is 0 Å². The number of benzene rings is 2. The Labute approximate surface area is 196 Å². The SMILES string of the molecule is CCC(C(=O)N1CCN(c2cccc(C(F)(F)F)c2)CC1)N(c1ccc(Cl)cc1)S(C)(=O)=O. The van der Waals surface area contributed by atoms with Gasteiger partial charge in [0.25, 0.3) is 0 Å². The van der Waals surface area contributed by atoms with Crippen molar-refractivity contribution in [2.75, 3.05) is 41.6 Å². The summed E-state index contributed by atoms with van der Waals surface area (Å²) in [6, 6.07) is 10.3. The molecule has 33 heavy (non-hydrogen) atoms. The molecule has 180 valence electrons. The van der Waals surface area contributed by atoms with Crippen molar-refractivity contribution in [2.45, 2.75) is 25.6 Å². The fraction of sp³-hybridized carbons (Fsp3) is 0.409. The highest BCUT2D eigenvalue weighted by Gasteiger charge is 2.36. The average Bonchev–Trinajstić information content (AvgIpc) is 2.76. The molecule has 3 rings (SSSR count). The van der Waals surface area contributed by atoms with Crippen LogP contribution in [-0.2, 0) is 21.0 Å². The first-order valence-electron chi connectivity index (χ1n) is 10.4. The monoisotopic (exact) mass is 503 g/mol. The topological polar surface area (TPSA) is 60.9 Å². The maximum Gasteiger partial charge on any atom is 0.416 e. The molecule has 1 unspecified atom stereocenters. The Morgan fingerprint density at radius 2 is 1.70 bits per heavy atom. The number of hydrogen-bond acceptors (Lipinski definition) is 4. The molecule has 0 aliphatic carbocycles. The van der Waals surface area contributed by atoms with Crippen molar-refractivity contribution in [1.82, 2.24) is 4.90 Å². The van der Waals surface area contributed by atoms with Gasteiger partial charge in [0, 0.05) is 36.9 Å². The first-order valence-corrected chi connectivity index (χ1v) is 12.6. The van der Waals surface area contributed by atoms with Crippen LogP contribution >= 0.6 is 11.6 Å². The molecule has 1 amide bonds. The van der Waals surface area contributed by atoms with Crippen molar-refractivity contribution in [3.05, 3.63) is 59.1 Å². The summed E-state index contributed by atoms with van der Waals surface area (Å²) < 4.78 is 65.4. The van der Waals surface area contributed by atoms with Gasteiger partial charge in [0.1, 0.15) is 6.04 Å². The van der Waals surface area contributed by atoms with Crippen LogP contribution < -0.4 is 9.21 Å². The number of carbonyl (C=O) groups is 1. The van der Waals surface area contributed by atoms with E-state index in [-0.39, 0.29) is 25.4 Å². The zero-order valence-corrected chi connectivity index (χ0v) is 19.8. The molecule has 0 spiro atoms. The van der Waals surface area contributed by atoms with Gasteiger partial charge in [-0.05, 0) is 48.9 Å². The predicted octanol–water partition coefficient (Wildman–Crippen LogP) is 4.25. The molecule has 1 aliphatic rings. The van der Waals surface area contributed by atoms with E-state index in [0.717, 1.165) is 22.7 Å². The van der Waals surface area contributed by atoms with E-state index in [1.165, 1.54) is 6.07 Å². The third kappa shape index (κ3) is 5.92. The van der Waals surface area contributed by atoms with Crippen molar-refractivity contribution in [3.8, 4) is 0 Å². The number of hydrogen-bond donors (Lipinski definition) is 0. The standard InChI is InChI=1S/C22H25ClF3N3O3S/c1-3-20(29(33(2,31)32)18-9-7-17(23)8-10-18)21(30)28-13-11-27(12-14-28)19-6-4-5-16(15-19)22(24,25)26/h4-10,15,20H,3,11-14H2,1-2H3. The molecule has 11 heteroatoms. The second kappa shape index (κ2) is 9.80. The molecule has 2 aromatic carbocycles. The number of carbonyl (C=O) groups excluding carboxylic acids is 1. The number of anilines is 2. The lowest BCUT2D eigenvalue weighted by Gasteiger charge is -2.39. The van der Waals surface area contributed by atoms with Gasteiger partial charge >= 0.3 is 6.18 Å². The zero-order valence-electron chi connectivity index (χ0n) is 18.2. The molecule has 6 nitrogen and oxygen atoms in total. The van der Waals surface area contributed by atoms with Crippen LogP contribution in [0.5, 0.6) is 0 Å². The maximum atomic E-state index is 13.3. The van der Waals surface area contributed by atoms with Crippen molar-refractivity contribution in [1.29, 1.82) is 0 Å². The number of amides is 1. The third-order valence-electron chi connectivity index (χ3n) is 5.52. The lowest BCUT2D eigenvalue weighted by molar-refractivity contribution is -0.137. The molecule has 1 saturated heterocycles. The molecule has 1 fully saturated rings. The molecule has 1 aliphatic heterocycles. The molecule has 0 radical (unpaired) electrons. The third-order valence-corrected chi connectivity index (χ3v) is 6.96. The summed E-state index contributed by atoms with van der Waals surface area (Å²) in [5, 5.41) is 0.442. The Morgan fingerprint density at radius 3 is 2.21 bits per heavy atom. The normalized spacial score (nSPS) is 15.9. The molecule has 2 aromatic rings. The highest BCUT2D eigenvalue weighted by Crippen LogP contribution is 2.32. The first-order chi connectivity index (χ1) is 15.4. The van der Waals surface area contributed by atoms with Crippen molar-refractivity contribution in [3.63, 3.8) is 0 Å². The van der Waals surface area contributed by atoms with Gasteiger partial charge in [0.15, 0.2) is 0 Å². The zero-order chi connectivity index (χ0) is 24.4. The summed E-state index contributed by atoms with van der Waals surface area (Å²) in [6.45, 7) is 2.94. The van der Waals surface area contributed by atoms with Gasteiger partial charge in [0.05, 0.1) is 17.5 Å². The van der Waals surface area contributed by atoms with E-state index in [4.69, 9.17) is 11.6 Å². The van der Waals surface area contributed by atoms with Gasteiger partial charge in [-0.15, -0.1) is 0 Å². The van der Waals surface area contributed by atoms with Gasteiger partial charge in [-0.3, -0.25) is 9.10 Å². The minimum absolute atomic E-state index is 0.252. The summed E-state index contributed by atoms with van der Waals surface area (Å²) in [5.41, 5.74) is 0.0453. The highest BCUT2D eigenvalue weighted by atomic mass is 35.5. The lowest BCUT2D eigenvalue weighted by Crippen LogP contribution is -2.56. The minimum Gasteiger partial charge on any atom is -0.368 e. The molecule has 1 atom stereocenters. The van der Waals surface area contributed by atoms with E-state index in [1.54, 1.807) is 47.1 Å². The van der Waals surface area contributed by atoms with E-state index in [9.17, 15) is 26.4 Å². The van der Waals surface area contributed by atoms with Gasteiger partial charge in [0.2, 0.25) is 15.9 Å². The smallest absolute Gasteiger partial charge is 0.368 e. The van der Waals surface area contributed by atoms with Crippen LogP contribution in [0.2, 0.25) is 5.02 Å². The Bertz CT molecular complexity index is 1090. The van der Waals surface area contributed by atoms with Crippen LogP contribution in [0.25, 0.3) is 0 Å². The average molecular weight is 504 g/mol. The van der Waals surface area contributed by atoms with Crippen LogP contribution in [0.1, 0.15) is 18.9 Å².